The lowest BCUT2D eigenvalue weighted by molar-refractivity contribution is -0.133. The minimum Gasteiger partial charge on any atom is -0.333 e. The smallest absolute Gasteiger partial charge is 0.320 e. The molecule has 3 heterocycles. The van der Waals surface area contributed by atoms with E-state index in [1.165, 1.54) is 0 Å². The molecule has 1 aromatic heterocycles. The van der Waals surface area contributed by atoms with Crippen LogP contribution in [0.3, 0.4) is 0 Å². The minimum atomic E-state index is -0.0998. The van der Waals surface area contributed by atoms with Crippen molar-refractivity contribution in [3.63, 3.8) is 0 Å². The summed E-state index contributed by atoms with van der Waals surface area (Å²) in [6.07, 6.45) is 0. The lowest BCUT2D eigenvalue weighted by atomic mass is 10.2. The zero-order valence-electron chi connectivity index (χ0n) is 11.8. The molecule has 2 aliphatic rings. The van der Waals surface area contributed by atoms with Crippen molar-refractivity contribution in [2.24, 2.45) is 0 Å². The highest BCUT2D eigenvalue weighted by Gasteiger charge is 2.30. The molecule has 8 nitrogen and oxygen atoms in total. The molecule has 0 aromatic carbocycles. The van der Waals surface area contributed by atoms with Gasteiger partial charge in [-0.3, -0.25) is 9.48 Å². The second-order valence-electron chi connectivity index (χ2n) is 5.30. The van der Waals surface area contributed by atoms with Gasteiger partial charge in [-0.15, -0.1) is 0 Å². The lowest BCUT2D eigenvalue weighted by Crippen LogP contribution is -2.44. The van der Waals surface area contributed by atoms with E-state index in [9.17, 15) is 9.59 Å². The van der Waals surface area contributed by atoms with Crippen molar-refractivity contribution in [3.8, 4) is 6.07 Å². The number of nitrogens with zero attached hydrogens (tertiary/aromatic N) is 6. The molecule has 1 fully saturated rings. The van der Waals surface area contributed by atoms with Crippen molar-refractivity contribution >= 4 is 11.9 Å². The van der Waals surface area contributed by atoms with Gasteiger partial charge in [-0.05, 0) is 6.07 Å². The number of hydrogen-bond acceptors (Lipinski definition) is 4. The van der Waals surface area contributed by atoms with E-state index in [4.69, 9.17) is 5.26 Å². The van der Waals surface area contributed by atoms with Crippen molar-refractivity contribution in [2.75, 3.05) is 33.2 Å². The van der Waals surface area contributed by atoms with Gasteiger partial charge in [-0.2, -0.15) is 10.4 Å². The maximum absolute atomic E-state index is 12.3. The van der Waals surface area contributed by atoms with Gasteiger partial charge in [0.05, 0.1) is 18.8 Å². The maximum Gasteiger partial charge on any atom is 0.320 e. The summed E-state index contributed by atoms with van der Waals surface area (Å²) in [6, 6.07) is 3.61. The third-order valence-electron chi connectivity index (χ3n) is 3.89. The number of amides is 3. The Morgan fingerprint density at radius 3 is 2.86 bits per heavy atom. The van der Waals surface area contributed by atoms with Gasteiger partial charge in [-0.25, -0.2) is 4.79 Å². The SMILES string of the molecule is CN1CCN(CC(=O)N2CCn3nc(C#N)cc3C2)C1=O. The van der Waals surface area contributed by atoms with Crippen LogP contribution in [-0.2, 0) is 17.9 Å². The molecule has 0 atom stereocenters. The number of carbonyl (C=O) groups excluding carboxylic acids is 2. The molecule has 110 valence electrons. The van der Waals surface area contributed by atoms with E-state index >= 15 is 0 Å². The van der Waals surface area contributed by atoms with Crippen molar-refractivity contribution in [1.29, 1.82) is 5.26 Å². The molecule has 3 rings (SSSR count). The van der Waals surface area contributed by atoms with E-state index in [0.717, 1.165) is 5.69 Å². The third-order valence-corrected chi connectivity index (χ3v) is 3.89. The summed E-state index contributed by atoms with van der Waals surface area (Å²) in [7, 11) is 1.73. The molecule has 21 heavy (non-hydrogen) atoms. The van der Waals surface area contributed by atoms with Crippen LogP contribution in [0.25, 0.3) is 0 Å². The van der Waals surface area contributed by atoms with E-state index in [1.807, 2.05) is 6.07 Å². The quantitative estimate of drug-likeness (QED) is 0.732. The van der Waals surface area contributed by atoms with Crippen LogP contribution in [0.4, 0.5) is 4.79 Å². The van der Waals surface area contributed by atoms with Crippen LogP contribution in [0.15, 0.2) is 6.07 Å². The number of fused-ring (bicyclic) bond motifs is 1. The number of nitriles is 1. The molecule has 2 aliphatic heterocycles. The first kappa shape index (κ1) is 13.4. The maximum atomic E-state index is 12.3. The van der Waals surface area contributed by atoms with Crippen molar-refractivity contribution in [2.45, 2.75) is 13.1 Å². The molecule has 0 bridgehead atoms. The molecule has 3 amide bonds. The molecular formula is C13H16N6O2. The summed E-state index contributed by atoms with van der Waals surface area (Å²) in [6.45, 7) is 2.93. The molecular weight excluding hydrogens is 272 g/mol. The van der Waals surface area contributed by atoms with Gasteiger partial charge in [0, 0.05) is 26.7 Å². The fourth-order valence-electron chi connectivity index (χ4n) is 2.65. The van der Waals surface area contributed by atoms with Gasteiger partial charge >= 0.3 is 6.03 Å². The van der Waals surface area contributed by atoms with Crippen LogP contribution >= 0.6 is 0 Å². The molecule has 0 N–H and O–H groups in total. The number of hydrogen-bond donors (Lipinski definition) is 0. The van der Waals surface area contributed by atoms with E-state index < -0.39 is 0 Å². The zero-order valence-corrected chi connectivity index (χ0v) is 11.8. The Hall–Kier alpha value is -2.56. The molecule has 1 saturated heterocycles. The van der Waals surface area contributed by atoms with Gasteiger partial charge in [0.1, 0.15) is 12.6 Å². The Kier molecular flexibility index (Phi) is 3.25. The van der Waals surface area contributed by atoms with E-state index in [-0.39, 0.29) is 18.5 Å². The van der Waals surface area contributed by atoms with Gasteiger partial charge in [0.25, 0.3) is 0 Å². The minimum absolute atomic E-state index is 0.0652. The van der Waals surface area contributed by atoms with Gasteiger partial charge in [0.2, 0.25) is 5.91 Å². The van der Waals surface area contributed by atoms with Crippen molar-refractivity contribution in [1.82, 2.24) is 24.5 Å². The molecule has 0 saturated carbocycles. The van der Waals surface area contributed by atoms with Gasteiger partial charge < -0.3 is 14.7 Å². The Bertz CT molecular complexity index is 631. The molecule has 0 aliphatic carbocycles. The number of carbonyl (C=O) groups is 2. The van der Waals surface area contributed by atoms with Crippen molar-refractivity contribution < 1.29 is 9.59 Å². The highest BCUT2D eigenvalue weighted by Crippen LogP contribution is 2.14. The van der Waals surface area contributed by atoms with Gasteiger partial charge in [-0.1, -0.05) is 0 Å². The van der Waals surface area contributed by atoms with E-state index in [2.05, 4.69) is 5.10 Å². The van der Waals surface area contributed by atoms with E-state index in [1.54, 1.807) is 32.5 Å². The Morgan fingerprint density at radius 2 is 2.19 bits per heavy atom. The van der Waals surface area contributed by atoms with Crippen molar-refractivity contribution in [3.05, 3.63) is 17.5 Å². The van der Waals surface area contributed by atoms with Crippen LogP contribution in [0.1, 0.15) is 11.4 Å². The van der Waals surface area contributed by atoms with Gasteiger partial charge in [0.15, 0.2) is 5.69 Å². The predicted octanol–water partition coefficient (Wildman–Crippen LogP) is -0.536. The molecule has 0 radical (unpaired) electrons. The highest BCUT2D eigenvalue weighted by molar-refractivity contribution is 5.85. The first-order valence-corrected chi connectivity index (χ1v) is 6.83. The summed E-state index contributed by atoms with van der Waals surface area (Å²) < 4.78 is 1.76. The highest BCUT2D eigenvalue weighted by atomic mass is 16.2. The van der Waals surface area contributed by atoms with Crippen LogP contribution in [0, 0.1) is 11.3 Å². The summed E-state index contributed by atoms with van der Waals surface area (Å²) in [5, 5.41) is 13.0. The number of rotatable bonds is 2. The number of urea groups is 1. The summed E-state index contributed by atoms with van der Waals surface area (Å²) in [5.41, 5.74) is 1.23. The summed E-state index contributed by atoms with van der Waals surface area (Å²) in [4.78, 5) is 29.0. The predicted molar refractivity (Wildman–Crippen MR) is 72.0 cm³/mol. The molecule has 0 spiro atoms. The molecule has 0 unspecified atom stereocenters. The fourth-order valence-corrected chi connectivity index (χ4v) is 2.65. The Balaban J connectivity index is 1.64. The first-order chi connectivity index (χ1) is 10.1. The average molecular weight is 288 g/mol. The van der Waals surface area contributed by atoms with Crippen LogP contribution in [0.2, 0.25) is 0 Å². The standard InChI is InChI=1S/C13H16N6O2/c1-16-2-3-18(13(16)21)9-12(20)17-4-5-19-11(8-17)6-10(7-14)15-19/h6H,2-5,8-9H2,1H3. The molecule has 8 heteroatoms. The zero-order chi connectivity index (χ0) is 15.0. The Morgan fingerprint density at radius 1 is 1.38 bits per heavy atom. The molecule has 1 aromatic rings. The fraction of sp³-hybridized carbons (Fsp3) is 0.538. The largest absolute Gasteiger partial charge is 0.333 e. The second kappa shape index (κ2) is 5.09. The monoisotopic (exact) mass is 288 g/mol. The topological polar surface area (TPSA) is 85.5 Å². The lowest BCUT2D eigenvalue weighted by Gasteiger charge is -2.29. The summed E-state index contributed by atoms with van der Waals surface area (Å²) >= 11 is 0. The normalized spacial score (nSPS) is 17.9. The van der Waals surface area contributed by atoms with Crippen LogP contribution in [0.5, 0.6) is 0 Å². The first-order valence-electron chi connectivity index (χ1n) is 6.83. The van der Waals surface area contributed by atoms with Crippen LogP contribution in [-0.4, -0.2) is 69.6 Å². The summed E-state index contributed by atoms with van der Waals surface area (Å²) in [5.74, 6) is -0.0652. The van der Waals surface area contributed by atoms with Crippen LogP contribution < -0.4 is 0 Å². The number of likely N-dealkylation sites (N-methyl/N-ethyl adjacent to an activating group) is 1. The van der Waals surface area contributed by atoms with E-state index in [0.29, 0.717) is 38.4 Å². The number of aromatic nitrogens is 2. The second-order valence-corrected chi connectivity index (χ2v) is 5.30. The third kappa shape index (κ3) is 2.42. The Labute approximate surface area is 122 Å². The average Bonchev–Trinajstić information content (AvgIpc) is 3.04.